The SMILES string of the molecule is CC1CN(S(=O)(=O)NCCC(=O)O)CC(C)O1. The molecule has 1 fully saturated rings. The van der Waals surface area contributed by atoms with E-state index < -0.39 is 16.2 Å². The van der Waals surface area contributed by atoms with Gasteiger partial charge in [-0.05, 0) is 13.8 Å². The normalized spacial score (nSPS) is 26.9. The highest BCUT2D eigenvalue weighted by Gasteiger charge is 2.30. The second-order valence-corrected chi connectivity index (χ2v) is 5.87. The lowest BCUT2D eigenvalue weighted by Crippen LogP contribution is -2.52. The fraction of sp³-hybridized carbons (Fsp3) is 0.889. The molecule has 17 heavy (non-hydrogen) atoms. The lowest BCUT2D eigenvalue weighted by Gasteiger charge is -2.34. The number of nitrogens with zero attached hydrogens (tertiary/aromatic N) is 1. The Morgan fingerprint density at radius 1 is 1.41 bits per heavy atom. The van der Waals surface area contributed by atoms with Crippen LogP contribution in [-0.4, -0.2) is 55.6 Å². The zero-order valence-electron chi connectivity index (χ0n) is 9.92. The third-order valence-corrected chi connectivity index (χ3v) is 3.90. The molecule has 0 radical (unpaired) electrons. The molecule has 1 rings (SSSR count). The highest BCUT2D eigenvalue weighted by Crippen LogP contribution is 2.13. The van der Waals surface area contributed by atoms with Gasteiger partial charge in [0.15, 0.2) is 0 Å². The molecule has 2 N–H and O–H groups in total. The Bertz CT molecular complexity index is 360. The number of carbonyl (C=O) groups is 1. The molecule has 0 amide bonds. The van der Waals surface area contributed by atoms with Crippen LogP contribution in [0.4, 0.5) is 0 Å². The lowest BCUT2D eigenvalue weighted by molar-refractivity contribution is -0.136. The van der Waals surface area contributed by atoms with E-state index in [-0.39, 0.29) is 38.3 Å². The Balaban J connectivity index is 2.54. The fourth-order valence-electron chi connectivity index (χ4n) is 1.71. The number of morpholine rings is 1. The number of nitrogens with one attached hydrogen (secondary N) is 1. The van der Waals surface area contributed by atoms with Gasteiger partial charge in [-0.15, -0.1) is 0 Å². The molecule has 0 saturated carbocycles. The van der Waals surface area contributed by atoms with E-state index in [0.717, 1.165) is 0 Å². The van der Waals surface area contributed by atoms with Crippen LogP contribution in [0.25, 0.3) is 0 Å². The molecule has 1 saturated heterocycles. The molecule has 7 nitrogen and oxygen atoms in total. The number of hydrogen-bond donors (Lipinski definition) is 2. The van der Waals surface area contributed by atoms with Gasteiger partial charge >= 0.3 is 5.97 Å². The minimum atomic E-state index is -3.60. The summed E-state index contributed by atoms with van der Waals surface area (Å²) in [5.41, 5.74) is 0. The summed E-state index contributed by atoms with van der Waals surface area (Å²) in [5, 5.41) is 8.44. The van der Waals surface area contributed by atoms with Crippen LogP contribution in [0.5, 0.6) is 0 Å². The van der Waals surface area contributed by atoms with Crippen molar-refractivity contribution in [1.29, 1.82) is 0 Å². The van der Waals surface area contributed by atoms with Crippen LogP contribution < -0.4 is 4.72 Å². The minimum absolute atomic E-state index is 0.0994. The van der Waals surface area contributed by atoms with Crippen molar-refractivity contribution in [3.05, 3.63) is 0 Å². The summed E-state index contributed by atoms with van der Waals surface area (Å²) in [6, 6.07) is 0. The van der Waals surface area contributed by atoms with Gasteiger partial charge in [0, 0.05) is 19.6 Å². The zero-order valence-corrected chi connectivity index (χ0v) is 10.7. The average molecular weight is 266 g/mol. The van der Waals surface area contributed by atoms with E-state index in [0.29, 0.717) is 0 Å². The number of ether oxygens (including phenoxy) is 1. The van der Waals surface area contributed by atoms with Gasteiger partial charge in [-0.25, -0.2) is 4.72 Å². The summed E-state index contributed by atoms with van der Waals surface area (Å²) in [6.07, 6.45) is -0.543. The molecule has 8 heteroatoms. The standard InChI is InChI=1S/C9H18N2O5S/c1-7-5-11(6-8(2)16-7)17(14,15)10-4-3-9(12)13/h7-8,10H,3-6H2,1-2H3,(H,12,13). The summed E-state index contributed by atoms with van der Waals surface area (Å²) in [5.74, 6) is -1.03. The molecule has 0 aromatic carbocycles. The summed E-state index contributed by atoms with van der Waals surface area (Å²) < 4.78 is 32.6. The first-order valence-electron chi connectivity index (χ1n) is 5.43. The highest BCUT2D eigenvalue weighted by molar-refractivity contribution is 7.87. The van der Waals surface area contributed by atoms with Crippen LogP contribution in [0.3, 0.4) is 0 Å². The number of carboxylic acids is 1. The maximum absolute atomic E-state index is 11.8. The van der Waals surface area contributed by atoms with Crippen molar-refractivity contribution in [1.82, 2.24) is 9.03 Å². The molecular formula is C9H18N2O5S. The number of aliphatic carboxylic acids is 1. The van der Waals surface area contributed by atoms with Gasteiger partial charge in [0.1, 0.15) is 0 Å². The van der Waals surface area contributed by atoms with Crippen LogP contribution in [0.1, 0.15) is 20.3 Å². The maximum atomic E-state index is 11.8. The quantitative estimate of drug-likeness (QED) is 0.693. The van der Waals surface area contributed by atoms with Gasteiger partial charge in [0.25, 0.3) is 10.2 Å². The monoisotopic (exact) mass is 266 g/mol. The predicted molar refractivity (Wildman–Crippen MR) is 60.8 cm³/mol. The van der Waals surface area contributed by atoms with E-state index in [1.165, 1.54) is 4.31 Å². The van der Waals surface area contributed by atoms with Crippen LogP contribution in [0.15, 0.2) is 0 Å². The minimum Gasteiger partial charge on any atom is -0.481 e. The Morgan fingerprint density at radius 3 is 2.41 bits per heavy atom. The van der Waals surface area contributed by atoms with Crippen molar-refractivity contribution < 1.29 is 23.1 Å². The molecule has 2 atom stereocenters. The van der Waals surface area contributed by atoms with Crippen LogP contribution in [0.2, 0.25) is 0 Å². The maximum Gasteiger partial charge on any atom is 0.304 e. The molecule has 1 heterocycles. The molecule has 0 aliphatic carbocycles. The Hall–Kier alpha value is -0.700. The van der Waals surface area contributed by atoms with Crippen LogP contribution >= 0.6 is 0 Å². The molecule has 0 bridgehead atoms. The Kier molecular flexibility index (Phi) is 4.87. The Morgan fingerprint density at radius 2 is 1.94 bits per heavy atom. The predicted octanol–water partition coefficient (Wildman–Crippen LogP) is -0.595. The molecule has 1 aliphatic heterocycles. The number of rotatable bonds is 5. The molecule has 1 aliphatic rings. The van der Waals surface area contributed by atoms with Crippen LogP contribution in [-0.2, 0) is 19.7 Å². The first-order chi connectivity index (χ1) is 7.81. The first-order valence-corrected chi connectivity index (χ1v) is 6.87. The highest BCUT2D eigenvalue weighted by atomic mass is 32.2. The summed E-state index contributed by atoms with van der Waals surface area (Å²) in [6.45, 7) is 4.07. The van der Waals surface area contributed by atoms with Gasteiger partial charge in [0.05, 0.1) is 18.6 Å². The van der Waals surface area contributed by atoms with E-state index in [1.807, 2.05) is 0 Å². The fourth-order valence-corrected chi connectivity index (χ4v) is 3.06. The molecule has 2 unspecified atom stereocenters. The van der Waals surface area contributed by atoms with Crippen molar-refractivity contribution in [2.24, 2.45) is 0 Å². The van der Waals surface area contributed by atoms with Crippen molar-refractivity contribution in [2.75, 3.05) is 19.6 Å². The van der Waals surface area contributed by atoms with E-state index in [9.17, 15) is 13.2 Å². The van der Waals surface area contributed by atoms with Gasteiger partial charge in [-0.2, -0.15) is 12.7 Å². The van der Waals surface area contributed by atoms with Crippen molar-refractivity contribution in [3.63, 3.8) is 0 Å². The molecule has 100 valence electrons. The second kappa shape index (κ2) is 5.76. The van der Waals surface area contributed by atoms with Gasteiger partial charge in [-0.1, -0.05) is 0 Å². The van der Waals surface area contributed by atoms with Crippen molar-refractivity contribution >= 4 is 16.2 Å². The lowest BCUT2D eigenvalue weighted by atomic mass is 10.3. The summed E-state index contributed by atoms with van der Waals surface area (Å²) in [7, 11) is -3.60. The third-order valence-electron chi connectivity index (χ3n) is 2.35. The van der Waals surface area contributed by atoms with Crippen molar-refractivity contribution in [2.45, 2.75) is 32.5 Å². The molecular weight excluding hydrogens is 248 g/mol. The van der Waals surface area contributed by atoms with Gasteiger partial charge in [-0.3, -0.25) is 4.79 Å². The molecule has 0 aromatic rings. The van der Waals surface area contributed by atoms with E-state index in [2.05, 4.69) is 4.72 Å². The van der Waals surface area contributed by atoms with Crippen molar-refractivity contribution in [3.8, 4) is 0 Å². The number of carboxylic acid groups (broad SMARTS) is 1. The second-order valence-electron chi connectivity index (χ2n) is 4.12. The van der Waals surface area contributed by atoms with E-state index in [4.69, 9.17) is 9.84 Å². The number of hydrogen-bond acceptors (Lipinski definition) is 4. The van der Waals surface area contributed by atoms with Gasteiger partial charge in [0.2, 0.25) is 0 Å². The molecule has 0 aromatic heterocycles. The van der Waals surface area contributed by atoms with E-state index >= 15 is 0 Å². The summed E-state index contributed by atoms with van der Waals surface area (Å²) >= 11 is 0. The summed E-state index contributed by atoms with van der Waals surface area (Å²) in [4.78, 5) is 10.3. The Labute approximate surface area is 101 Å². The smallest absolute Gasteiger partial charge is 0.304 e. The zero-order chi connectivity index (χ0) is 13.1. The molecule has 0 spiro atoms. The third kappa shape index (κ3) is 4.58. The van der Waals surface area contributed by atoms with Gasteiger partial charge < -0.3 is 9.84 Å². The first kappa shape index (κ1) is 14.4. The largest absolute Gasteiger partial charge is 0.481 e. The van der Waals surface area contributed by atoms with E-state index in [1.54, 1.807) is 13.8 Å². The van der Waals surface area contributed by atoms with Crippen LogP contribution in [0, 0.1) is 0 Å². The topological polar surface area (TPSA) is 95.9 Å². The average Bonchev–Trinajstić information content (AvgIpc) is 2.14.